The summed E-state index contributed by atoms with van der Waals surface area (Å²) in [5, 5.41) is 0. The van der Waals surface area contributed by atoms with Crippen molar-refractivity contribution < 1.29 is 41.0 Å². The number of ether oxygens (including phenoxy) is 3. The third kappa shape index (κ3) is 11.0. The topological polar surface area (TPSA) is 96.8 Å². The second kappa shape index (κ2) is 14.4. The van der Waals surface area contributed by atoms with Crippen molar-refractivity contribution in [1.29, 1.82) is 0 Å². The van der Waals surface area contributed by atoms with Crippen LogP contribution in [0.15, 0.2) is 72.8 Å². The lowest BCUT2D eigenvalue weighted by Crippen LogP contribution is -2.21. The van der Waals surface area contributed by atoms with Gasteiger partial charge in [-0.15, -0.1) is 0 Å². The monoisotopic (exact) mass is 578 g/mol. The van der Waals surface area contributed by atoms with Crippen LogP contribution in [0.2, 0.25) is 0 Å². The van der Waals surface area contributed by atoms with Gasteiger partial charge in [0.2, 0.25) is 0 Å². The number of alkyl halides is 5. The lowest BCUT2D eigenvalue weighted by atomic mass is 10.0. The molecule has 0 spiro atoms. The van der Waals surface area contributed by atoms with Gasteiger partial charge in [-0.3, -0.25) is 0 Å². The van der Waals surface area contributed by atoms with Crippen LogP contribution in [0.1, 0.15) is 42.4 Å². The highest BCUT2D eigenvalue weighted by Gasteiger charge is 2.34. The number of hydrogen-bond acceptors (Lipinski definition) is 6. The molecule has 41 heavy (non-hydrogen) atoms. The van der Waals surface area contributed by atoms with Crippen molar-refractivity contribution in [3.05, 3.63) is 89.5 Å². The molecule has 3 rings (SSSR count). The highest BCUT2D eigenvalue weighted by Crippen LogP contribution is 2.32. The summed E-state index contributed by atoms with van der Waals surface area (Å²) in [6.45, 7) is 0.0693. The van der Waals surface area contributed by atoms with Crippen LogP contribution in [0.25, 0.3) is 6.08 Å². The first-order valence-corrected chi connectivity index (χ1v) is 12.9. The molecule has 6 nitrogen and oxygen atoms in total. The molecule has 0 amide bonds. The second-order valence-electron chi connectivity index (χ2n) is 9.21. The molecule has 0 radical (unpaired) electrons. The van der Waals surface area contributed by atoms with Gasteiger partial charge < -0.3 is 25.7 Å². The molecule has 3 aromatic carbocycles. The van der Waals surface area contributed by atoms with E-state index in [0.717, 1.165) is 5.56 Å². The first kappa shape index (κ1) is 31.3. The number of rotatable bonds is 14. The van der Waals surface area contributed by atoms with E-state index in [0.29, 0.717) is 42.0 Å². The van der Waals surface area contributed by atoms with Gasteiger partial charge in [-0.05, 0) is 78.9 Å². The highest BCUT2D eigenvalue weighted by molar-refractivity contribution is 5.87. The Hall–Kier alpha value is -4.28. The van der Waals surface area contributed by atoms with Gasteiger partial charge in [0.05, 0.1) is 11.3 Å². The van der Waals surface area contributed by atoms with Crippen molar-refractivity contribution >= 4 is 23.4 Å². The summed E-state index contributed by atoms with van der Waals surface area (Å²) in [5.74, 6) is -0.273. The summed E-state index contributed by atoms with van der Waals surface area (Å²) in [6.07, 6.45) is -4.44. The minimum absolute atomic E-state index is 0.0161. The van der Waals surface area contributed by atoms with Crippen molar-refractivity contribution in [3.63, 3.8) is 0 Å². The van der Waals surface area contributed by atoms with Gasteiger partial charge in [0.25, 0.3) is 0 Å². The van der Waals surface area contributed by atoms with E-state index in [4.69, 9.17) is 25.7 Å². The second-order valence-corrected chi connectivity index (χ2v) is 9.21. The smallest absolute Gasteiger partial charge is 0.426 e. The van der Waals surface area contributed by atoms with E-state index in [1.165, 1.54) is 60.7 Å². The SMILES string of the molecule is Nc1ccc(OCCOC(=O)/C=C/c2ccc(OC(F)(F)c3ccc(CCCCCC(F)(F)F)cc3)cc2)c(N)c1. The summed E-state index contributed by atoms with van der Waals surface area (Å²) in [4.78, 5) is 11.9. The zero-order chi connectivity index (χ0) is 29.9. The number of halogens is 5. The van der Waals surface area contributed by atoms with E-state index in [2.05, 4.69) is 0 Å². The molecule has 0 saturated carbocycles. The number of unbranched alkanes of at least 4 members (excludes halogenated alkanes) is 2. The standard InChI is InChI=1S/C30H31F5N2O4/c31-29(32,33)17-3-1-2-4-21-5-10-23(11-6-21)30(34,35)41-25-13-7-22(8-14-25)9-16-28(38)40-19-18-39-27-15-12-24(36)20-26(27)37/h5-16,20H,1-4,17-19,36-37H2/b16-9+. The van der Waals surface area contributed by atoms with E-state index in [-0.39, 0.29) is 30.9 Å². The summed E-state index contributed by atoms with van der Waals surface area (Å²) in [7, 11) is 0. The molecule has 11 heteroatoms. The van der Waals surface area contributed by atoms with Crippen LogP contribution in [-0.4, -0.2) is 25.4 Å². The highest BCUT2D eigenvalue weighted by atomic mass is 19.4. The molecule has 4 N–H and O–H groups in total. The Morgan fingerprint density at radius 3 is 2.20 bits per heavy atom. The minimum atomic E-state index is -4.16. The van der Waals surface area contributed by atoms with Crippen molar-refractivity contribution in [1.82, 2.24) is 0 Å². The van der Waals surface area contributed by atoms with Gasteiger partial charge in [-0.1, -0.05) is 30.7 Å². The maximum atomic E-state index is 14.7. The van der Waals surface area contributed by atoms with Gasteiger partial charge in [0, 0.05) is 18.2 Å². The fourth-order valence-corrected chi connectivity index (χ4v) is 3.76. The van der Waals surface area contributed by atoms with Gasteiger partial charge in [-0.2, -0.15) is 22.0 Å². The van der Waals surface area contributed by atoms with Gasteiger partial charge >= 0.3 is 18.3 Å². The molecule has 0 unspecified atom stereocenters. The molecule has 220 valence electrons. The molecule has 0 fully saturated rings. The maximum Gasteiger partial charge on any atom is 0.426 e. The Morgan fingerprint density at radius 2 is 1.54 bits per heavy atom. The number of anilines is 2. The third-order valence-corrected chi connectivity index (χ3v) is 5.87. The molecule has 0 atom stereocenters. The molecule has 3 aromatic rings. The molecule has 0 heterocycles. The minimum Gasteiger partial charge on any atom is -0.488 e. The van der Waals surface area contributed by atoms with E-state index in [9.17, 15) is 26.7 Å². The number of nitrogens with two attached hydrogens (primary N) is 2. The van der Waals surface area contributed by atoms with Gasteiger partial charge in [0.1, 0.15) is 24.7 Å². The predicted octanol–water partition coefficient (Wildman–Crippen LogP) is 7.28. The third-order valence-electron chi connectivity index (χ3n) is 5.87. The van der Waals surface area contributed by atoms with Crippen LogP contribution in [0, 0.1) is 0 Å². The Morgan fingerprint density at radius 1 is 0.829 bits per heavy atom. The van der Waals surface area contributed by atoms with E-state index >= 15 is 0 Å². The molecule has 0 bridgehead atoms. The van der Waals surface area contributed by atoms with Gasteiger partial charge in [0.15, 0.2) is 0 Å². The van der Waals surface area contributed by atoms with E-state index in [1.54, 1.807) is 18.2 Å². The Kier molecular flexibility index (Phi) is 11.0. The fraction of sp³-hybridized carbons (Fsp3) is 0.300. The van der Waals surface area contributed by atoms with Gasteiger partial charge in [-0.25, -0.2) is 4.79 Å². The molecule has 0 aromatic heterocycles. The number of carbonyl (C=O) groups is 1. The first-order valence-electron chi connectivity index (χ1n) is 12.9. The molecular formula is C30H31F5N2O4. The Bertz CT molecular complexity index is 1290. The summed E-state index contributed by atoms with van der Waals surface area (Å²) in [6, 6.07) is 16.0. The van der Waals surface area contributed by atoms with Crippen LogP contribution in [0.3, 0.4) is 0 Å². The van der Waals surface area contributed by atoms with Crippen molar-refractivity contribution in [3.8, 4) is 11.5 Å². The fourth-order valence-electron chi connectivity index (χ4n) is 3.76. The van der Waals surface area contributed by atoms with Crippen LogP contribution < -0.4 is 20.9 Å². The van der Waals surface area contributed by atoms with Crippen molar-refractivity contribution in [2.24, 2.45) is 0 Å². The zero-order valence-corrected chi connectivity index (χ0v) is 22.1. The summed E-state index contributed by atoms with van der Waals surface area (Å²) >= 11 is 0. The van der Waals surface area contributed by atoms with Crippen LogP contribution in [0.4, 0.5) is 33.3 Å². The molecule has 0 aliphatic rings. The number of carbonyl (C=O) groups excluding carboxylic acids is 1. The largest absolute Gasteiger partial charge is 0.488 e. The lowest BCUT2D eigenvalue weighted by molar-refractivity contribution is -0.185. The lowest BCUT2D eigenvalue weighted by Gasteiger charge is -2.18. The first-order chi connectivity index (χ1) is 19.4. The van der Waals surface area contributed by atoms with Crippen LogP contribution in [0.5, 0.6) is 11.5 Å². The maximum absolute atomic E-state index is 14.7. The van der Waals surface area contributed by atoms with E-state index < -0.39 is 24.7 Å². The van der Waals surface area contributed by atoms with Crippen molar-refractivity contribution in [2.45, 2.75) is 44.4 Å². The van der Waals surface area contributed by atoms with Crippen LogP contribution in [-0.2, 0) is 22.1 Å². The van der Waals surface area contributed by atoms with Crippen molar-refractivity contribution in [2.75, 3.05) is 24.7 Å². The molecule has 0 aliphatic carbocycles. The quantitative estimate of drug-likeness (QED) is 0.0686. The number of aryl methyl sites for hydroxylation is 1. The molecule has 0 aliphatic heterocycles. The summed E-state index contributed by atoms with van der Waals surface area (Å²) < 4.78 is 81.3. The van der Waals surface area contributed by atoms with Crippen LogP contribution >= 0.6 is 0 Å². The molecule has 0 saturated heterocycles. The predicted molar refractivity (Wildman–Crippen MR) is 146 cm³/mol. The molecular weight excluding hydrogens is 547 g/mol. The summed E-state index contributed by atoms with van der Waals surface area (Å²) in [5.41, 5.74) is 13.2. The normalized spacial score (nSPS) is 11.9. The van der Waals surface area contributed by atoms with E-state index in [1.807, 2.05) is 0 Å². The Balaban J connectivity index is 1.41. The average Bonchev–Trinajstić information content (AvgIpc) is 2.91. The number of benzene rings is 3. The average molecular weight is 579 g/mol. The number of esters is 1. The zero-order valence-electron chi connectivity index (χ0n) is 22.1. The number of hydrogen-bond donors (Lipinski definition) is 2. The number of nitrogen functional groups attached to an aromatic ring is 2. The Labute approximate surface area is 234 Å².